The van der Waals surface area contributed by atoms with E-state index in [0.717, 1.165) is 17.5 Å². The van der Waals surface area contributed by atoms with Crippen LogP contribution in [0.4, 0.5) is 0 Å². The lowest BCUT2D eigenvalue weighted by molar-refractivity contribution is -0.145. The number of hydrogen-bond donors (Lipinski definition) is 1. The lowest BCUT2D eigenvalue weighted by Crippen LogP contribution is -2.46. The third-order valence-electron chi connectivity index (χ3n) is 4.28. The quantitative estimate of drug-likeness (QED) is 0.928. The van der Waals surface area contributed by atoms with E-state index in [-0.39, 0.29) is 12.5 Å². The fraction of sp³-hybridized carbons (Fsp3) is 0.556. The fourth-order valence-electron chi connectivity index (χ4n) is 3.51. The maximum absolute atomic E-state index is 12.9. The Morgan fingerprint density at radius 1 is 1.32 bits per heavy atom. The maximum Gasteiger partial charge on any atom is 0.312 e. The number of hydrogen-bond acceptors (Lipinski definition) is 2. The summed E-state index contributed by atoms with van der Waals surface area (Å²) in [6, 6.07) is 7.52. The van der Waals surface area contributed by atoms with Crippen molar-refractivity contribution in [2.24, 2.45) is 11.3 Å². The molecule has 0 saturated heterocycles. The Bertz CT molecular complexity index is 577. The first-order chi connectivity index (χ1) is 10.2. The first-order valence-electron chi connectivity index (χ1n) is 7.82. The van der Waals surface area contributed by atoms with Gasteiger partial charge in [0.1, 0.15) is 0 Å². The molecule has 2 rings (SSSR count). The normalized spacial score (nSPS) is 18.2. The molecule has 4 heteroatoms. The van der Waals surface area contributed by atoms with Gasteiger partial charge in [-0.05, 0) is 23.5 Å². The highest BCUT2D eigenvalue weighted by Gasteiger charge is 2.38. The molecule has 0 aromatic heterocycles. The Labute approximate surface area is 132 Å². The highest BCUT2D eigenvalue weighted by atomic mass is 16.4. The number of amides is 1. The van der Waals surface area contributed by atoms with Crippen molar-refractivity contribution in [3.8, 4) is 0 Å². The van der Waals surface area contributed by atoms with E-state index in [0.29, 0.717) is 12.5 Å². The summed E-state index contributed by atoms with van der Waals surface area (Å²) in [5.74, 6) is -1.04. The van der Waals surface area contributed by atoms with E-state index in [2.05, 4.69) is 13.8 Å². The monoisotopic (exact) mass is 303 g/mol. The standard InChI is InChI=1S/C18H25NO3/c1-12(2)9-18(3,4)17(22)19-10-13-7-5-6-8-14(13)15(11-19)16(20)21/h5-8,12,15H,9-11H2,1-4H3,(H,20,21). The summed E-state index contributed by atoms with van der Waals surface area (Å²) in [5.41, 5.74) is 1.30. The molecule has 1 amide bonds. The van der Waals surface area contributed by atoms with Gasteiger partial charge in [0.25, 0.3) is 0 Å². The molecule has 22 heavy (non-hydrogen) atoms. The summed E-state index contributed by atoms with van der Waals surface area (Å²) < 4.78 is 0. The minimum atomic E-state index is -0.869. The van der Waals surface area contributed by atoms with E-state index in [1.54, 1.807) is 4.90 Å². The van der Waals surface area contributed by atoms with Gasteiger partial charge < -0.3 is 10.0 Å². The number of carboxylic acid groups (broad SMARTS) is 1. The van der Waals surface area contributed by atoms with Gasteiger partial charge in [0.2, 0.25) is 5.91 Å². The van der Waals surface area contributed by atoms with Crippen LogP contribution in [0, 0.1) is 11.3 Å². The molecule has 0 saturated carbocycles. The second-order valence-electron chi connectivity index (χ2n) is 7.26. The van der Waals surface area contributed by atoms with E-state index in [1.807, 2.05) is 38.1 Å². The third-order valence-corrected chi connectivity index (χ3v) is 4.28. The number of aliphatic carboxylic acids is 1. The molecule has 1 N–H and O–H groups in total. The molecule has 1 heterocycles. The topological polar surface area (TPSA) is 57.6 Å². The molecular formula is C18H25NO3. The van der Waals surface area contributed by atoms with Crippen LogP contribution in [-0.4, -0.2) is 28.4 Å². The molecule has 1 aliphatic heterocycles. The minimum Gasteiger partial charge on any atom is -0.481 e. The van der Waals surface area contributed by atoms with Gasteiger partial charge in [0.05, 0.1) is 5.92 Å². The summed E-state index contributed by atoms with van der Waals surface area (Å²) >= 11 is 0. The smallest absolute Gasteiger partial charge is 0.312 e. The van der Waals surface area contributed by atoms with Crippen LogP contribution in [0.5, 0.6) is 0 Å². The summed E-state index contributed by atoms with van der Waals surface area (Å²) in [6.07, 6.45) is 0.793. The highest BCUT2D eigenvalue weighted by Crippen LogP contribution is 2.33. The summed E-state index contributed by atoms with van der Waals surface area (Å²) in [4.78, 5) is 26.2. The SMILES string of the molecule is CC(C)CC(C)(C)C(=O)N1Cc2ccccc2C(C(=O)O)C1. The lowest BCUT2D eigenvalue weighted by Gasteiger charge is -2.38. The van der Waals surface area contributed by atoms with E-state index in [4.69, 9.17) is 0 Å². The van der Waals surface area contributed by atoms with Gasteiger partial charge in [-0.3, -0.25) is 9.59 Å². The van der Waals surface area contributed by atoms with Gasteiger partial charge in [0, 0.05) is 18.5 Å². The van der Waals surface area contributed by atoms with Crippen LogP contribution in [0.1, 0.15) is 51.2 Å². The van der Waals surface area contributed by atoms with Gasteiger partial charge in [-0.2, -0.15) is 0 Å². The number of nitrogens with zero attached hydrogens (tertiary/aromatic N) is 1. The molecule has 1 unspecified atom stereocenters. The van der Waals surface area contributed by atoms with Crippen molar-refractivity contribution in [2.45, 2.75) is 46.6 Å². The molecule has 1 aliphatic rings. The summed E-state index contributed by atoms with van der Waals surface area (Å²) in [6.45, 7) is 8.85. The van der Waals surface area contributed by atoms with Crippen LogP contribution in [0.3, 0.4) is 0 Å². The largest absolute Gasteiger partial charge is 0.481 e. The van der Waals surface area contributed by atoms with Gasteiger partial charge in [-0.25, -0.2) is 0 Å². The van der Waals surface area contributed by atoms with Gasteiger partial charge >= 0.3 is 5.97 Å². The zero-order chi connectivity index (χ0) is 16.5. The molecule has 1 atom stereocenters. The third kappa shape index (κ3) is 3.32. The van der Waals surface area contributed by atoms with Gasteiger partial charge in [-0.15, -0.1) is 0 Å². The average molecular weight is 303 g/mol. The Morgan fingerprint density at radius 3 is 2.55 bits per heavy atom. The molecule has 120 valence electrons. The van der Waals surface area contributed by atoms with E-state index in [1.165, 1.54) is 0 Å². The molecule has 0 fully saturated rings. The van der Waals surface area contributed by atoms with Gasteiger partial charge in [-0.1, -0.05) is 52.0 Å². The molecule has 0 radical (unpaired) electrons. The second kappa shape index (κ2) is 6.11. The minimum absolute atomic E-state index is 0.0435. The van der Waals surface area contributed by atoms with Crippen molar-refractivity contribution in [3.63, 3.8) is 0 Å². The molecule has 0 spiro atoms. The second-order valence-corrected chi connectivity index (χ2v) is 7.26. The van der Waals surface area contributed by atoms with Crippen LogP contribution in [-0.2, 0) is 16.1 Å². The van der Waals surface area contributed by atoms with Crippen LogP contribution < -0.4 is 0 Å². The average Bonchev–Trinajstić information content (AvgIpc) is 2.43. The van der Waals surface area contributed by atoms with Crippen molar-refractivity contribution in [1.82, 2.24) is 4.90 Å². The molecule has 0 bridgehead atoms. The molecule has 1 aromatic rings. The first-order valence-corrected chi connectivity index (χ1v) is 7.82. The zero-order valence-electron chi connectivity index (χ0n) is 13.8. The van der Waals surface area contributed by atoms with Crippen LogP contribution in [0.15, 0.2) is 24.3 Å². The van der Waals surface area contributed by atoms with Crippen LogP contribution in [0.2, 0.25) is 0 Å². The number of benzene rings is 1. The Hall–Kier alpha value is -1.84. The number of carboxylic acids is 1. The Morgan fingerprint density at radius 2 is 1.95 bits per heavy atom. The molecular weight excluding hydrogens is 278 g/mol. The van der Waals surface area contributed by atoms with Crippen molar-refractivity contribution < 1.29 is 14.7 Å². The molecule has 1 aromatic carbocycles. The van der Waals surface area contributed by atoms with Crippen LogP contribution >= 0.6 is 0 Å². The highest BCUT2D eigenvalue weighted by molar-refractivity contribution is 5.84. The maximum atomic E-state index is 12.9. The predicted molar refractivity (Wildman–Crippen MR) is 85.5 cm³/mol. The number of rotatable bonds is 4. The summed E-state index contributed by atoms with van der Waals surface area (Å²) in [5, 5.41) is 9.49. The molecule has 0 aliphatic carbocycles. The number of carbonyl (C=O) groups is 2. The van der Waals surface area contributed by atoms with Crippen LogP contribution in [0.25, 0.3) is 0 Å². The van der Waals surface area contributed by atoms with Gasteiger partial charge in [0.15, 0.2) is 0 Å². The first kappa shape index (κ1) is 16.5. The number of carbonyl (C=O) groups excluding carboxylic acids is 1. The van der Waals surface area contributed by atoms with Crippen molar-refractivity contribution in [3.05, 3.63) is 35.4 Å². The molecule has 4 nitrogen and oxygen atoms in total. The van der Waals surface area contributed by atoms with Crippen molar-refractivity contribution in [2.75, 3.05) is 6.54 Å². The van der Waals surface area contributed by atoms with Crippen molar-refractivity contribution >= 4 is 11.9 Å². The summed E-state index contributed by atoms with van der Waals surface area (Å²) in [7, 11) is 0. The Balaban J connectivity index is 2.28. The van der Waals surface area contributed by atoms with E-state index in [9.17, 15) is 14.7 Å². The predicted octanol–water partition coefficient (Wildman–Crippen LogP) is 3.27. The lowest BCUT2D eigenvalue weighted by atomic mass is 9.81. The van der Waals surface area contributed by atoms with E-state index >= 15 is 0 Å². The zero-order valence-corrected chi connectivity index (χ0v) is 13.8. The number of fused-ring (bicyclic) bond motifs is 1. The Kier molecular flexibility index (Phi) is 4.59. The van der Waals surface area contributed by atoms with E-state index < -0.39 is 17.3 Å². The fourth-order valence-corrected chi connectivity index (χ4v) is 3.51. The van der Waals surface area contributed by atoms with Crippen molar-refractivity contribution in [1.29, 1.82) is 0 Å².